The van der Waals surface area contributed by atoms with Crippen LogP contribution in [0.15, 0.2) is 60.7 Å². The molecule has 216 valence electrons. The number of nitrogens with one attached hydrogen (secondary N) is 3. The number of amides is 2. The molecule has 2 amide bonds. The Morgan fingerprint density at radius 1 is 1.00 bits per heavy atom. The lowest BCUT2D eigenvalue weighted by molar-refractivity contribution is -0.149. The molecule has 0 bridgehead atoms. The van der Waals surface area contributed by atoms with Crippen molar-refractivity contribution in [1.29, 1.82) is 5.41 Å². The van der Waals surface area contributed by atoms with Gasteiger partial charge in [0.1, 0.15) is 17.4 Å². The molecule has 1 aliphatic heterocycles. The van der Waals surface area contributed by atoms with Crippen LogP contribution in [0.1, 0.15) is 51.6 Å². The van der Waals surface area contributed by atoms with E-state index in [1.165, 1.54) is 31.4 Å². The fraction of sp³-hybridized carbons (Fsp3) is 0.250. The number of hydrogen-bond donors (Lipinski definition) is 3. The molecule has 0 unspecified atom stereocenters. The van der Waals surface area contributed by atoms with Gasteiger partial charge in [-0.15, -0.1) is 6.42 Å². The number of rotatable bonds is 8. The average molecular weight is 571 g/mol. The molecule has 42 heavy (non-hydrogen) atoms. The predicted molar refractivity (Wildman–Crippen MR) is 157 cm³/mol. The van der Waals surface area contributed by atoms with Crippen LogP contribution >= 0.6 is 0 Å². The monoisotopic (exact) mass is 570 g/mol. The molecule has 0 atom stereocenters. The first-order valence-corrected chi connectivity index (χ1v) is 13.4. The Labute approximate surface area is 243 Å². The number of amidine groups is 1. The maximum Gasteiger partial charge on any atom is 0.309 e. The SMILES string of the molecule is C#Cc1ccc(NC(=O)c2cc(OC)ccc2NC(=O)c2ccc(C(=N)N3CCC(C(=O)OCC)CC3)cc2F)cc1. The predicted octanol–water partition coefficient (Wildman–Crippen LogP) is 4.92. The maximum absolute atomic E-state index is 15.2. The van der Waals surface area contributed by atoms with Crippen LogP contribution in [0.5, 0.6) is 5.75 Å². The summed E-state index contributed by atoms with van der Waals surface area (Å²) in [6, 6.07) is 15.1. The number of terminal acetylenes is 1. The van der Waals surface area contributed by atoms with Crippen LogP contribution in [0.3, 0.4) is 0 Å². The molecule has 0 aliphatic carbocycles. The third kappa shape index (κ3) is 6.93. The summed E-state index contributed by atoms with van der Waals surface area (Å²) in [6.07, 6.45) is 6.46. The van der Waals surface area contributed by atoms with Gasteiger partial charge in [-0.25, -0.2) is 4.39 Å². The van der Waals surface area contributed by atoms with E-state index in [0.29, 0.717) is 55.1 Å². The van der Waals surface area contributed by atoms with Gasteiger partial charge in [0.05, 0.1) is 36.4 Å². The zero-order valence-electron chi connectivity index (χ0n) is 23.3. The molecule has 4 rings (SSSR count). The number of methoxy groups -OCH3 is 1. The topological polar surface area (TPSA) is 121 Å². The van der Waals surface area contributed by atoms with Crippen LogP contribution in [0.4, 0.5) is 15.8 Å². The van der Waals surface area contributed by atoms with E-state index in [2.05, 4.69) is 16.6 Å². The lowest BCUT2D eigenvalue weighted by atomic mass is 9.96. The highest BCUT2D eigenvalue weighted by Crippen LogP contribution is 2.26. The molecular formula is C32H31FN4O5. The van der Waals surface area contributed by atoms with Gasteiger partial charge in [0.15, 0.2) is 0 Å². The molecule has 10 heteroatoms. The van der Waals surface area contributed by atoms with Crippen LogP contribution in [0.2, 0.25) is 0 Å². The highest BCUT2D eigenvalue weighted by Gasteiger charge is 2.28. The second-order valence-electron chi connectivity index (χ2n) is 9.60. The van der Waals surface area contributed by atoms with E-state index in [9.17, 15) is 14.4 Å². The van der Waals surface area contributed by atoms with Gasteiger partial charge in [0.25, 0.3) is 11.8 Å². The number of ether oxygens (including phenoxy) is 2. The van der Waals surface area contributed by atoms with E-state index >= 15 is 4.39 Å². The quantitative estimate of drug-likeness (QED) is 0.153. The first-order valence-electron chi connectivity index (χ1n) is 13.4. The zero-order chi connectivity index (χ0) is 30.2. The van der Waals surface area contributed by atoms with E-state index in [1.807, 2.05) is 0 Å². The molecule has 0 aromatic heterocycles. The maximum atomic E-state index is 15.2. The minimum Gasteiger partial charge on any atom is -0.497 e. The summed E-state index contributed by atoms with van der Waals surface area (Å²) in [5, 5.41) is 13.9. The molecule has 0 spiro atoms. The van der Waals surface area contributed by atoms with Gasteiger partial charge in [0, 0.05) is 29.9 Å². The van der Waals surface area contributed by atoms with E-state index in [0.717, 1.165) is 6.07 Å². The van der Waals surface area contributed by atoms with Crippen molar-refractivity contribution in [2.24, 2.45) is 5.92 Å². The van der Waals surface area contributed by atoms with Crippen molar-refractivity contribution in [2.45, 2.75) is 19.8 Å². The fourth-order valence-corrected chi connectivity index (χ4v) is 4.61. The molecule has 1 saturated heterocycles. The molecular weight excluding hydrogens is 539 g/mol. The molecule has 1 fully saturated rings. The molecule has 3 aromatic rings. The first kappa shape index (κ1) is 29.8. The van der Waals surface area contributed by atoms with Gasteiger partial charge < -0.3 is 25.0 Å². The van der Waals surface area contributed by atoms with Gasteiger partial charge >= 0.3 is 5.97 Å². The summed E-state index contributed by atoms with van der Waals surface area (Å²) in [5.74, 6) is 0.450. The standard InChI is InChI=1S/C32H31FN4O5/c1-4-20-6-9-23(10-7-20)35-31(39)26-19-24(41-3)11-13-28(26)36-30(38)25-12-8-22(18-27(25)33)29(34)37-16-14-21(15-17-37)32(40)42-5-2/h1,6-13,18-19,21,34H,5,14-17H2,2-3H3,(H,35,39)(H,36,38). The Morgan fingerprint density at radius 3 is 2.31 bits per heavy atom. The smallest absolute Gasteiger partial charge is 0.309 e. The van der Waals surface area contributed by atoms with Gasteiger partial charge in [-0.3, -0.25) is 19.8 Å². The molecule has 9 nitrogen and oxygen atoms in total. The number of anilines is 2. The number of esters is 1. The number of likely N-dealkylation sites (tertiary alicyclic amines) is 1. The number of carbonyl (C=O) groups is 3. The van der Waals surface area contributed by atoms with E-state index < -0.39 is 17.6 Å². The molecule has 3 aromatic carbocycles. The van der Waals surface area contributed by atoms with Crippen molar-refractivity contribution in [1.82, 2.24) is 4.90 Å². The number of halogens is 1. The van der Waals surface area contributed by atoms with Crippen molar-refractivity contribution >= 4 is 35.0 Å². The Kier molecular flexibility index (Phi) is 9.55. The third-order valence-corrected chi connectivity index (χ3v) is 6.95. The summed E-state index contributed by atoms with van der Waals surface area (Å²) in [7, 11) is 1.45. The molecule has 0 radical (unpaired) electrons. The van der Waals surface area contributed by atoms with Crippen molar-refractivity contribution in [3.8, 4) is 18.1 Å². The Morgan fingerprint density at radius 2 is 1.69 bits per heavy atom. The number of carbonyl (C=O) groups excluding carboxylic acids is 3. The van der Waals surface area contributed by atoms with E-state index in [4.69, 9.17) is 21.3 Å². The van der Waals surface area contributed by atoms with Crippen molar-refractivity contribution in [2.75, 3.05) is 37.4 Å². The Hall–Kier alpha value is -5.17. The summed E-state index contributed by atoms with van der Waals surface area (Å²) in [5.41, 5.74) is 1.46. The second kappa shape index (κ2) is 13.5. The van der Waals surface area contributed by atoms with E-state index in [1.54, 1.807) is 42.2 Å². The van der Waals surface area contributed by atoms with Crippen LogP contribution in [-0.2, 0) is 9.53 Å². The van der Waals surface area contributed by atoms with Gasteiger partial charge in [-0.1, -0.05) is 12.0 Å². The number of benzene rings is 3. The summed E-state index contributed by atoms with van der Waals surface area (Å²) >= 11 is 0. The van der Waals surface area contributed by atoms with Crippen LogP contribution < -0.4 is 15.4 Å². The average Bonchev–Trinajstić information content (AvgIpc) is 3.01. The summed E-state index contributed by atoms with van der Waals surface area (Å²) in [6.45, 7) is 3.00. The number of piperidine rings is 1. The van der Waals surface area contributed by atoms with E-state index in [-0.39, 0.29) is 34.5 Å². The second-order valence-corrected chi connectivity index (χ2v) is 9.60. The fourth-order valence-electron chi connectivity index (χ4n) is 4.61. The minimum atomic E-state index is -0.815. The highest BCUT2D eigenvalue weighted by molar-refractivity contribution is 6.13. The van der Waals surface area contributed by atoms with Gasteiger partial charge in [0.2, 0.25) is 0 Å². The zero-order valence-corrected chi connectivity index (χ0v) is 23.3. The molecule has 0 saturated carbocycles. The van der Waals surface area contributed by atoms with Crippen molar-refractivity contribution in [3.63, 3.8) is 0 Å². The van der Waals surface area contributed by atoms with Crippen molar-refractivity contribution in [3.05, 3.63) is 88.7 Å². The highest BCUT2D eigenvalue weighted by atomic mass is 19.1. The van der Waals surface area contributed by atoms with Crippen LogP contribution in [0.25, 0.3) is 0 Å². The Balaban J connectivity index is 1.46. The minimum absolute atomic E-state index is 0.104. The van der Waals surface area contributed by atoms with Crippen LogP contribution in [0, 0.1) is 29.5 Å². The molecule has 1 aliphatic rings. The molecule has 3 N–H and O–H groups in total. The normalized spacial score (nSPS) is 13.0. The van der Waals surface area contributed by atoms with Gasteiger partial charge in [-0.2, -0.15) is 0 Å². The molecule has 1 heterocycles. The number of hydrogen-bond acceptors (Lipinski definition) is 6. The first-order chi connectivity index (χ1) is 20.2. The number of nitrogens with zero attached hydrogens (tertiary/aromatic N) is 1. The van der Waals surface area contributed by atoms with Crippen molar-refractivity contribution < 1.29 is 28.2 Å². The summed E-state index contributed by atoms with van der Waals surface area (Å²) in [4.78, 5) is 40.0. The third-order valence-electron chi connectivity index (χ3n) is 6.95. The van der Waals surface area contributed by atoms with Crippen LogP contribution in [-0.4, -0.2) is 55.3 Å². The largest absolute Gasteiger partial charge is 0.497 e. The summed E-state index contributed by atoms with van der Waals surface area (Å²) < 4.78 is 25.5. The lowest BCUT2D eigenvalue weighted by Crippen LogP contribution is -2.40. The lowest BCUT2D eigenvalue weighted by Gasteiger charge is -2.32. The Bertz CT molecular complexity index is 1540. The van der Waals surface area contributed by atoms with Gasteiger partial charge in [-0.05, 0) is 74.4 Å².